The minimum absolute atomic E-state index is 0.683. The lowest BCUT2D eigenvalue weighted by Crippen LogP contribution is -2.21. The summed E-state index contributed by atoms with van der Waals surface area (Å²) in [7, 11) is 0. The summed E-state index contributed by atoms with van der Waals surface area (Å²) in [5.74, 6) is 0. The number of nitrogens with zero attached hydrogens (tertiary/aromatic N) is 4. The number of hydrogen-bond donors (Lipinski definition) is 0. The van der Waals surface area contributed by atoms with Gasteiger partial charge in [0.1, 0.15) is 0 Å². The summed E-state index contributed by atoms with van der Waals surface area (Å²) < 4.78 is 0. The van der Waals surface area contributed by atoms with Crippen LogP contribution in [0.3, 0.4) is 0 Å². The van der Waals surface area contributed by atoms with Crippen LogP contribution in [0.4, 0.5) is 5.69 Å². The van der Waals surface area contributed by atoms with E-state index in [-0.39, 0.29) is 0 Å². The van der Waals surface area contributed by atoms with Crippen molar-refractivity contribution in [3.63, 3.8) is 0 Å². The van der Waals surface area contributed by atoms with Crippen LogP contribution in [-0.2, 0) is 6.54 Å². The molecule has 1 rings (SSSR count). The highest BCUT2D eigenvalue weighted by Crippen LogP contribution is 2.15. The average Bonchev–Trinajstić information content (AvgIpc) is 2.27. The molecule has 0 atom stereocenters. The van der Waals surface area contributed by atoms with Gasteiger partial charge >= 0.3 is 0 Å². The van der Waals surface area contributed by atoms with E-state index in [4.69, 9.17) is 5.53 Å². The SMILES string of the molecule is CCN(CC)Cc1cccc(N=[N+]=[N-])c1. The molecule has 0 N–H and O–H groups in total. The van der Waals surface area contributed by atoms with Crippen molar-refractivity contribution in [3.05, 3.63) is 40.3 Å². The second kappa shape index (κ2) is 6.06. The summed E-state index contributed by atoms with van der Waals surface area (Å²) in [6, 6.07) is 7.71. The molecule has 1 aromatic rings. The molecule has 15 heavy (non-hydrogen) atoms. The maximum absolute atomic E-state index is 8.33. The van der Waals surface area contributed by atoms with Crippen LogP contribution in [0.2, 0.25) is 0 Å². The van der Waals surface area contributed by atoms with Crippen LogP contribution in [0, 0.1) is 0 Å². The maximum atomic E-state index is 8.33. The van der Waals surface area contributed by atoms with Crippen molar-refractivity contribution in [1.82, 2.24) is 4.90 Å². The molecule has 0 saturated heterocycles. The quantitative estimate of drug-likeness (QED) is 0.411. The topological polar surface area (TPSA) is 52.0 Å². The van der Waals surface area contributed by atoms with Crippen LogP contribution >= 0.6 is 0 Å². The van der Waals surface area contributed by atoms with Gasteiger partial charge in [-0.05, 0) is 30.3 Å². The Morgan fingerprint density at radius 1 is 1.33 bits per heavy atom. The number of benzene rings is 1. The molecular weight excluding hydrogens is 188 g/mol. The molecular formula is C11H16N4. The second-order valence-corrected chi connectivity index (χ2v) is 3.32. The first-order valence-electron chi connectivity index (χ1n) is 5.16. The number of azide groups is 1. The van der Waals surface area contributed by atoms with E-state index in [9.17, 15) is 0 Å². The zero-order valence-corrected chi connectivity index (χ0v) is 9.22. The Balaban J connectivity index is 2.76. The van der Waals surface area contributed by atoms with Gasteiger partial charge in [-0.3, -0.25) is 4.90 Å². The lowest BCUT2D eigenvalue weighted by Gasteiger charge is -2.17. The number of rotatable bonds is 5. The third-order valence-corrected chi connectivity index (χ3v) is 2.37. The van der Waals surface area contributed by atoms with Crippen molar-refractivity contribution < 1.29 is 0 Å². The first-order valence-corrected chi connectivity index (χ1v) is 5.16. The molecule has 80 valence electrons. The lowest BCUT2D eigenvalue weighted by molar-refractivity contribution is 0.296. The first-order chi connectivity index (χ1) is 7.30. The van der Waals surface area contributed by atoms with Gasteiger partial charge in [0.2, 0.25) is 0 Å². The van der Waals surface area contributed by atoms with Gasteiger partial charge < -0.3 is 0 Å². The lowest BCUT2D eigenvalue weighted by atomic mass is 10.2. The van der Waals surface area contributed by atoms with Gasteiger partial charge in [-0.2, -0.15) is 0 Å². The molecule has 4 nitrogen and oxygen atoms in total. The molecule has 0 saturated carbocycles. The van der Waals surface area contributed by atoms with Gasteiger partial charge in [0.05, 0.1) is 0 Å². The van der Waals surface area contributed by atoms with E-state index < -0.39 is 0 Å². The van der Waals surface area contributed by atoms with Crippen molar-refractivity contribution in [3.8, 4) is 0 Å². The smallest absolute Gasteiger partial charge is 0.0378 e. The molecule has 0 unspecified atom stereocenters. The van der Waals surface area contributed by atoms with Gasteiger partial charge in [-0.25, -0.2) is 0 Å². The van der Waals surface area contributed by atoms with Crippen molar-refractivity contribution in [2.75, 3.05) is 13.1 Å². The standard InChI is InChI=1S/C11H16N4/c1-3-15(4-2)9-10-6-5-7-11(8-10)13-14-12/h5-8H,3-4,9H2,1-2H3. The molecule has 0 radical (unpaired) electrons. The van der Waals surface area contributed by atoms with Crippen LogP contribution in [0.25, 0.3) is 10.4 Å². The van der Waals surface area contributed by atoms with E-state index in [1.807, 2.05) is 18.2 Å². The average molecular weight is 204 g/mol. The molecule has 0 bridgehead atoms. The fraction of sp³-hybridized carbons (Fsp3) is 0.455. The monoisotopic (exact) mass is 204 g/mol. The Hall–Kier alpha value is -1.51. The Bertz CT molecular complexity index is 351. The zero-order chi connectivity index (χ0) is 11.1. The van der Waals surface area contributed by atoms with E-state index in [1.54, 1.807) is 0 Å². The molecule has 0 aliphatic carbocycles. The molecule has 1 aromatic carbocycles. The van der Waals surface area contributed by atoms with Gasteiger partial charge in [-0.15, -0.1) is 0 Å². The van der Waals surface area contributed by atoms with Gasteiger partial charge in [0.25, 0.3) is 0 Å². The van der Waals surface area contributed by atoms with E-state index in [1.165, 1.54) is 5.56 Å². The van der Waals surface area contributed by atoms with Gasteiger partial charge in [0, 0.05) is 17.1 Å². The van der Waals surface area contributed by atoms with Crippen molar-refractivity contribution in [1.29, 1.82) is 0 Å². The molecule has 0 spiro atoms. The largest absolute Gasteiger partial charge is 0.300 e. The van der Waals surface area contributed by atoms with Gasteiger partial charge in [0.15, 0.2) is 0 Å². The summed E-state index contributed by atoms with van der Waals surface area (Å²) in [6.45, 7) is 7.24. The summed E-state index contributed by atoms with van der Waals surface area (Å²) >= 11 is 0. The Kier molecular flexibility index (Phi) is 4.68. The van der Waals surface area contributed by atoms with Crippen LogP contribution in [0.1, 0.15) is 19.4 Å². The minimum Gasteiger partial charge on any atom is -0.300 e. The first kappa shape index (κ1) is 11.6. The highest BCUT2D eigenvalue weighted by Gasteiger charge is 2.00. The van der Waals surface area contributed by atoms with E-state index in [0.717, 1.165) is 19.6 Å². The summed E-state index contributed by atoms with van der Waals surface area (Å²) in [5, 5.41) is 3.59. The molecule has 0 aromatic heterocycles. The van der Waals surface area contributed by atoms with E-state index in [0.29, 0.717) is 5.69 Å². The Morgan fingerprint density at radius 3 is 2.67 bits per heavy atom. The predicted molar refractivity (Wildman–Crippen MR) is 61.9 cm³/mol. The summed E-state index contributed by atoms with van der Waals surface area (Å²) in [5.41, 5.74) is 10.2. The molecule has 0 aliphatic rings. The van der Waals surface area contributed by atoms with Crippen molar-refractivity contribution in [2.45, 2.75) is 20.4 Å². The number of hydrogen-bond acceptors (Lipinski definition) is 2. The molecule has 0 fully saturated rings. The summed E-state index contributed by atoms with van der Waals surface area (Å²) in [4.78, 5) is 5.09. The Labute approximate surface area is 90.1 Å². The normalized spacial score (nSPS) is 10.1. The highest BCUT2D eigenvalue weighted by molar-refractivity contribution is 5.39. The molecule has 0 amide bonds. The summed E-state index contributed by atoms with van der Waals surface area (Å²) in [6.07, 6.45) is 0. The molecule has 0 heterocycles. The maximum Gasteiger partial charge on any atom is 0.0378 e. The fourth-order valence-electron chi connectivity index (χ4n) is 1.47. The predicted octanol–water partition coefficient (Wildman–Crippen LogP) is 3.47. The second-order valence-electron chi connectivity index (χ2n) is 3.32. The van der Waals surface area contributed by atoms with Crippen LogP contribution in [0.15, 0.2) is 29.4 Å². The van der Waals surface area contributed by atoms with Gasteiger partial charge in [-0.1, -0.05) is 37.2 Å². The fourth-order valence-corrected chi connectivity index (χ4v) is 1.47. The zero-order valence-electron chi connectivity index (χ0n) is 9.22. The van der Waals surface area contributed by atoms with E-state index >= 15 is 0 Å². The minimum atomic E-state index is 0.683. The highest BCUT2D eigenvalue weighted by atomic mass is 15.1. The van der Waals surface area contributed by atoms with E-state index in [2.05, 4.69) is 34.8 Å². The Morgan fingerprint density at radius 2 is 2.07 bits per heavy atom. The van der Waals surface area contributed by atoms with Crippen LogP contribution < -0.4 is 0 Å². The van der Waals surface area contributed by atoms with Crippen molar-refractivity contribution >= 4 is 5.69 Å². The molecule has 4 heteroatoms. The van der Waals surface area contributed by atoms with Crippen LogP contribution in [-0.4, -0.2) is 18.0 Å². The third kappa shape index (κ3) is 3.62. The van der Waals surface area contributed by atoms with Crippen LogP contribution in [0.5, 0.6) is 0 Å². The van der Waals surface area contributed by atoms with Crippen molar-refractivity contribution in [2.24, 2.45) is 5.11 Å². The third-order valence-electron chi connectivity index (χ3n) is 2.37. The molecule has 0 aliphatic heterocycles.